The van der Waals surface area contributed by atoms with Gasteiger partial charge in [0.1, 0.15) is 0 Å². The van der Waals surface area contributed by atoms with E-state index in [1.165, 1.54) is 0 Å². The van der Waals surface area contributed by atoms with Crippen LogP contribution in [0.2, 0.25) is 0 Å². The van der Waals surface area contributed by atoms with E-state index in [0.29, 0.717) is 19.6 Å². The minimum atomic E-state index is -0.894. The van der Waals surface area contributed by atoms with E-state index < -0.39 is 5.97 Å². The molecule has 118 valence electrons. The van der Waals surface area contributed by atoms with Gasteiger partial charge in [0.25, 0.3) is 0 Å². The Hall–Kier alpha value is -1.30. The van der Waals surface area contributed by atoms with Gasteiger partial charge in [0.2, 0.25) is 0 Å². The lowest BCUT2D eigenvalue weighted by atomic mass is 10.1. The highest BCUT2D eigenvalue weighted by molar-refractivity contribution is 5.75. The maximum absolute atomic E-state index is 11.6. The Kier molecular flexibility index (Phi) is 10.8. The molecule has 0 fully saturated rings. The summed E-state index contributed by atoms with van der Waals surface area (Å²) in [5.41, 5.74) is 0. The van der Waals surface area contributed by atoms with Gasteiger partial charge in [-0.25, -0.2) is 4.79 Å². The molecule has 0 aliphatic heterocycles. The normalized spacial score (nSPS) is 12.2. The Bertz CT molecular complexity index is 282. The number of rotatable bonds is 11. The second-order valence-corrected chi connectivity index (χ2v) is 5.11. The fourth-order valence-electron chi connectivity index (χ4n) is 1.77. The Morgan fingerprint density at radius 1 is 1.25 bits per heavy atom. The van der Waals surface area contributed by atoms with Crippen LogP contribution in [0, 0.1) is 0 Å². The predicted molar refractivity (Wildman–Crippen MR) is 77.8 cm³/mol. The lowest BCUT2D eigenvalue weighted by Crippen LogP contribution is -2.43. The predicted octanol–water partition coefficient (Wildman–Crippen LogP) is 2.13. The van der Waals surface area contributed by atoms with Crippen molar-refractivity contribution in [1.82, 2.24) is 10.6 Å². The van der Waals surface area contributed by atoms with Crippen LogP contribution >= 0.6 is 0 Å². The van der Waals surface area contributed by atoms with E-state index in [4.69, 9.17) is 9.84 Å². The van der Waals surface area contributed by atoms with Gasteiger partial charge in [-0.2, -0.15) is 0 Å². The van der Waals surface area contributed by atoms with Gasteiger partial charge in [0.05, 0.1) is 12.5 Å². The first-order chi connectivity index (χ1) is 9.45. The molecule has 0 aromatic carbocycles. The molecule has 0 saturated carbocycles. The van der Waals surface area contributed by atoms with Gasteiger partial charge in [0.15, 0.2) is 0 Å². The first-order valence-electron chi connectivity index (χ1n) is 7.33. The van der Waals surface area contributed by atoms with Gasteiger partial charge in [-0.3, -0.25) is 4.79 Å². The highest BCUT2D eigenvalue weighted by Crippen LogP contribution is 2.01. The van der Waals surface area contributed by atoms with E-state index in [0.717, 1.165) is 19.3 Å². The molecule has 20 heavy (non-hydrogen) atoms. The highest BCUT2D eigenvalue weighted by Gasteiger charge is 2.14. The van der Waals surface area contributed by atoms with Crippen LogP contribution in [-0.2, 0) is 9.53 Å². The molecular formula is C14H28N2O4. The molecule has 0 spiro atoms. The SMILES string of the molecule is CCCC(CC(=O)O)NC(=O)NCCCCOC(C)C. The van der Waals surface area contributed by atoms with Crippen LogP contribution < -0.4 is 10.6 Å². The van der Waals surface area contributed by atoms with Crippen molar-refractivity contribution in [2.75, 3.05) is 13.2 Å². The molecule has 0 radical (unpaired) electrons. The largest absolute Gasteiger partial charge is 0.481 e. The second kappa shape index (κ2) is 11.5. The minimum absolute atomic E-state index is 0.0382. The number of hydrogen-bond acceptors (Lipinski definition) is 3. The molecule has 1 unspecified atom stereocenters. The van der Waals surface area contributed by atoms with Crippen LogP contribution in [0.3, 0.4) is 0 Å². The molecule has 2 amide bonds. The average molecular weight is 288 g/mol. The molecule has 0 rings (SSSR count). The molecule has 6 heteroatoms. The molecular weight excluding hydrogens is 260 g/mol. The fourth-order valence-corrected chi connectivity index (χ4v) is 1.77. The van der Waals surface area contributed by atoms with Gasteiger partial charge in [-0.05, 0) is 33.1 Å². The van der Waals surface area contributed by atoms with E-state index in [-0.39, 0.29) is 24.6 Å². The quantitative estimate of drug-likeness (QED) is 0.508. The van der Waals surface area contributed by atoms with E-state index in [2.05, 4.69) is 10.6 Å². The number of carboxylic acids is 1. The molecule has 0 saturated heterocycles. The Morgan fingerprint density at radius 2 is 1.95 bits per heavy atom. The van der Waals surface area contributed by atoms with Gasteiger partial charge in [-0.15, -0.1) is 0 Å². The van der Waals surface area contributed by atoms with Crippen molar-refractivity contribution in [2.45, 2.75) is 65.0 Å². The smallest absolute Gasteiger partial charge is 0.315 e. The Balaban J connectivity index is 3.71. The van der Waals surface area contributed by atoms with E-state index >= 15 is 0 Å². The maximum Gasteiger partial charge on any atom is 0.315 e. The zero-order valence-corrected chi connectivity index (χ0v) is 12.8. The van der Waals surface area contributed by atoms with Crippen LogP contribution in [0.25, 0.3) is 0 Å². The van der Waals surface area contributed by atoms with Crippen LogP contribution in [0.15, 0.2) is 0 Å². The summed E-state index contributed by atoms with van der Waals surface area (Å²) in [5, 5.41) is 14.2. The number of amides is 2. The van der Waals surface area contributed by atoms with Crippen molar-refractivity contribution in [3.05, 3.63) is 0 Å². The molecule has 6 nitrogen and oxygen atoms in total. The van der Waals surface area contributed by atoms with Crippen molar-refractivity contribution in [3.63, 3.8) is 0 Å². The first kappa shape index (κ1) is 18.7. The average Bonchev–Trinajstić information content (AvgIpc) is 2.32. The minimum Gasteiger partial charge on any atom is -0.481 e. The topological polar surface area (TPSA) is 87.7 Å². The van der Waals surface area contributed by atoms with E-state index in [9.17, 15) is 9.59 Å². The third-order valence-electron chi connectivity index (χ3n) is 2.70. The summed E-state index contributed by atoms with van der Waals surface area (Å²) in [4.78, 5) is 22.3. The van der Waals surface area contributed by atoms with Gasteiger partial charge >= 0.3 is 12.0 Å². The molecule has 0 aliphatic carbocycles. The monoisotopic (exact) mass is 288 g/mol. The Morgan fingerprint density at radius 3 is 2.50 bits per heavy atom. The number of nitrogens with one attached hydrogen (secondary N) is 2. The second-order valence-electron chi connectivity index (χ2n) is 5.11. The van der Waals surface area contributed by atoms with Gasteiger partial charge < -0.3 is 20.5 Å². The lowest BCUT2D eigenvalue weighted by Gasteiger charge is -2.16. The molecule has 3 N–H and O–H groups in total. The third kappa shape index (κ3) is 11.8. The zero-order valence-electron chi connectivity index (χ0n) is 12.8. The summed E-state index contributed by atoms with van der Waals surface area (Å²) in [7, 11) is 0. The zero-order chi connectivity index (χ0) is 15.4. The lowest BCUT2D eigenvalue weighted by molar-refractivity contribution is -0.137. The van der Waals surface area contributed by atoms with Gasteiger partial charge in [-0.1, -0.05) is 13.3 Å². The molecule has 0 aromatic rings. The number of carbonyl (C=O) groups is 2. The maximum atomic E-state index is 11.6. The summed E-state index contributed by atoms with van der Waals surface area (Å²) in [6.07, 6.45) is 3.44. The van der Waals surface area contributed by atoms with Crippen molar-refractivity contribution in [1.29, 1.82) is 0 Å². The number of aliphatic carboxylic acids is 1. The van der Waals surface area contributed by atoms with Crippen LogP contribution in [0.4, 0.5) is 4.79 Å². The van der Waals surface area contributed by atoms with Crippen LogP contribution in [0.5, 0.6) is 0 Å². The van der Waals surface area contributed by atoms with Gasteiger partial charge in [0, 0.05) is 19.2 Å². The summed E-state index contributed by atoms with van der Waals surface area (Å²) in [5.74, 6) is -0.894. The molecule has 1 atom stereocenters. The summed E-state index contributed by atoms with van der Waals surface area (Å²) >= 11 is 0. The number of carbonyl (C=O) groups excluding carboxylic acids is 1. The van der Waals surface area contributed by atoms with Crippen molar-refractivity contribution in [2.24, 2.45) is 0 Å². The van der Waals surface area contributed by atoms with Crippen molar-refractivity contribution >= 4 is 12.0 Å². The number of ether oxygens (including phenoxy) is 1. The van der Waals surface area contributed by atoms with Crippen LogP contribution in [-0.4, -0.2) is 42.4 Å². The fraction of sp³-hybridized carbons (Fsp3) is 0.857. The number of carboxylic acid groups (broad SMARTS) is 1. The van der Waals surface area contributed by atoms with Crippen molar-refractivity contribution in [3.8, 4) is 0 Å². The molecule has 0 aliphatic rings. The number of hydrogen-bond donors (Lipinski definition) is 3. The molecule has 0 aromatic heterocycles. The summed E-state index contributed by atoms with van der Waals surface area (Å²) < 4.78 is 5.40. The third-order valence-corrected chi connectivity index (χ3v) is 2.70. The van der Waals surface area contributed by atoms with E-state index in [1.54, 1.807) is 0 Å². The Labute approximate surface area is 121 Å². The first-order valence-corrected chi connectivity index (χ1v) is 7.33. The van der Waals surface area contributed by atoms with Crippen LogP contribution in [0.1, 0.15) is 52.9 Å². The highest BCUT2D eigenvalue weighted by atomic mass is 16.5. The molecule has 0 bridgehead atoms. The summed E-state index contributed by atoms with van der Waals surface area (Å²) in [6, 6.07) is -0.601. The molecule has 0 heterocycles. The van der Waals surface area contributed by atoms with Crippen molar-refractivity contribution < 1.29 is 19.4 Å². The number of urea groups is 1. The standard InChI is InChI=1S/C14H28N2O4/c1-4-7-12(10-13(17)18)16-14(19)15-8-5-6-9-20-11(2)3/h11-12H,4-10H2,1-3H3,(H,17,18)(H2,15,16,19). The van der Waals surface area contributed by atoms with E-state index in [1.807, 2.05) is 20.8 Å². The summed E-state index contributed by atoms with van der Waals surface area (Å²) in [6.45, 7) is 7.20. The number of unbranched alkanes of at least 4 members (excludes halogenated alkanes) is 1.